The second kappa shape index (κ2) is 7.61. The van der Waals surface area contributed by atoms with Crippen molar-refractivity contribution in [2.24, 2.45) is 11.5 Å². The number of rotatable bonds is 1. The van der Waals surface area contributed by atoms with Crippen LogP contribution in [0.3, 0.4) is 0 Å². The van der Waals surface area contributed by atoms with Gasteiger partial charge in [-0.2, -0.15) is 18.2 Å². The van der Waals surface area contributed by atoms with Crippen LogP contribution >= 0.6 is 0 Å². The van der Waals surface area contributed by atoms with Gasteiger partial charge in [-0.3, -0.25) is 4.79 Å². The average molecular weight is 420 g/mol. The van der Waals surface area contributed by atoms with Crippen molar-refractivity contribution in [2.75, 3.05) is 23.6 Å². The molecule has 2 fully saturated rings. The number of nitrogens with zero attached hydrogens (tertiary/aromatic N) is 3. The highest BCUT2D eigenvalue weighted by molar-refractivity contribution is 5.94. The number of carbonyl (C=O) groups is 2. The number of halogens is 3. The normalized spacial score (nSPS) is 25.0. The van der Waals surface area contributed by atoms with E-state index < -0.39 is 17.8 Å². The molecule has 0 spiro atoms. The molecule has 3 heterocycles. The van der Waals surface area contributed by atoms with Crippen molar-refractivity contribution in [3.63, 3.8) is 0 Å². The van der Waals surface area contributed by atoms with Gasteiger partial charge < -0.3 is 36.3 Å². The summed E-state index contributed by atoms with van der Waals surface area (Å²) in [6, 6.07) is 0.151. The number of nitrogens with two attached hydrogens (primary N) is 2. The van der Waals surface area contributed by atoms with Crippen LogP contribution in [-0.4, -0.2) is 64.3 Å². The van der Waals surface area contributed by atoms with Crippen LogP contribution in [0.4, 0.5) is 24.9 Å². The van der Waals surface area contributed by atoms with Crippen LogP contribution in [-0.2, 0) is 14.3 Å². The van der Waals surface area contributed by atoms with Crippen molar-refractivity contribution in [3.05, 3.63) is 6.20 Å². The van der Waals surface area contributed by atoms with E-state index in [9.17, 15) is 18.0 Å². The van der Waals surface area contributed by atoms with Gasteiger partial charge in [0.25, 0.3) is 5.91 Å². The minimum atomic E-state index is -5.08. The van der Waals surface area contributed by atoms with E-state index in [1.54, 1.807) is 6.20 Å². The molecular weight excluding hydrogens is 401 g/mol. The standard InChI is InChI=1S/C13H18N6O3.C2HF3O2/c14-13(15)2-1-7-8(3-13)22-6-19(7)12-16-4-9-11(18-12)17-10(20)5-21-9;3-2(4,5)1(6)7/h4,7-8H,1-3,5-6,14-15H2,(H,16,17,18,20);(H,6,7)/t7-,8-;/m1./s1. The Balaban J connectivity index is 0.000000298. The lowest BCUT2D eigenvalue weighted by molar-refractivity contribution is -0.192. The summed E-state index contributed by atoms with van der Waals surface area (Å²) in [5.74, 6) is -1.59. The molecule has 0 bridgehead atoms. The van der Waals surface area contributed by atoms with Crippen LogP contribution in [0, 0.1) is 0 Å². The molecule has 2 atom stereocenters. The molecule has 3 aliphatic rings. The predicted octanol–water partition coefficient (Wildman–Crippen LogP) is -0.230. The summed E-state index contributed by atoms with van der Waals surface area (Å²) in [7, 11) is 0. The summed E-state index contributed by atoms with van der Waals surface area (Å²) >= 11 is 0. The zero-order valence-electron chi connectivity index (χ0n) is 15.0. The van der Waals surface area contributed by atoms with Gasteiger partial charge in [-0.1, -0.05) is 0 Å². The van der Waals surface area contributed by atoms with E-state index >= 15 is 0 Å². The van der Waals surface area contributed by atoms with Gasteiger partial charge in [0, 0.05) is 6.42 Å². The second-order valence-corrected chi connectivity index (χ2v) is 6.87. The molecule has 160 valence electrons. The number of carboxylic acids is 1. The Kier molecular flexibility index (Phi) is 5.51. The molecule has 1 aromatic heterocycles. The molecule has 1 aromatic rings. The topological polar surface area (TPSA) is 166 Å². The van der Waals surface area contributed by atoms with E-state index in [-0.39, 0.29) is 24.7 Å². The molecule has 1 amide bonds. The van der Waals surface area contributed by atoms with Crippen LogP contribution in [0.1, 0.15) is 19.3 Å². The van der Waals surface area contributed by atoms with E-state index in [1.165, 1.54) is 0 Å². The highest BCUT2D eigenvalue weighted by atomic mass is 19.4. The number of ether oxygens (including phenoxy) is 2. The molecule has 0 aromatic carbocycles. The maximum atomic E-state index is 11.4. The van der Waals surface area contributed by atoms with Gasteiger partial charge in [0.15, 0.2) is 18.2 Å². The summed E-state index contributed by atoms with van der Waals surface area (Å²) in [6.45, 7) is 0.376. The fourth-order valence-electron chi connectivity index (χ4n) is 3.23. The van der Waals surface area contributed by atoms with E-state index in [2.05, 4.69) is 15.3 Å². The smallest absolute Gasteiger partial charge is 0.478 e. The molecule has 6 N–H and O–H groups in total. The first kappa shape index (κ1) is 21.0. The number of carbonyl (C=O) groups excluding carboxylic acids is 1. The van der Waals surface area contributed by atoms with Crippen molar-refractivity contribution in [2.45, 2.75) is 43.2 Å². The van der Waals surface area contributed by atoms with Crippen molar-refractivity contribution in [3.8, 4) is 5.75 Å². The van der Waals surface area contributed by atoms with Crippen molar-refractivity contribution in [1.29, 1.82) is 0 Å². The summed E-state index contributed by atoms with van der Waals surface area (Å²) in [4.78, 5) is 31.0. The molecule has 0 radical (unpaired) electrons. The molecule has 29 heavy (non-hydrogen) atoms. The van der Waals surface area contributed by atoms with E-state index in [0.717, 1.165) is 12.8 Å². The third-order valence-electron chi connectivity index (χ3n) is 4.60. The van der Waals surface area contributed by atoms with Crippen molar-refractivity contribution in [1.82, 2.24) is 9.97 Å². The number of aliphatic carboxylic acids is 1. The Morgan fingerprint density at radius 3 is 2.76 bits per heavy atom. The van der Waals surface area contributed by atoms with Crippen LogP contribution in [0.25, 0.3) is 0 Å². The average Bonchev–Trinajstić information content (AvgIpc) is 3.02. The molecule has 1 aliphatic carbocycles. The second-order valence-electron chi connectivity index (χ2n) is 6.87. The lowest BCUT2D eigenvalue weighted by Gasteiger charge is -2.37. The largest absolute Gasteiger partial charge is 0.490 e. The van der Waals surface area contributed by atoms with Crippen LogP contribution in [0.15, 0.2) is 6.20 Å². The number of hydrogen-bond donors (Lipinski definition) is 4. The highest BCUT2D eigenvalue weighted by Crippen LogP contribution is 2.36. The molecule has 11 nitrogen and oxygen atoms in total. The fraction of sp³-hybridized carbons (Fsp3) is 0.600. The molecule has 2 aliphatic heterocycles. The quantitative estimate of drug-likeness (QED) is 0.446. The summed E-state index contributed by atoms with van der Waals surface area (Å²) < 4.78 is 42.8. The van der Waals surface area contributed by atoms with Gasteiger partial charge in [0.1, 0.15) is 6.73 Å². The van der Waals surface area contributed by atoms with Crippen LogP contribution < -0.4 is 26.4 Å². The Morgan fingerprint density at radius 2 is 2.10 bits per heavy atom. The number of nitrogens with one attached hydrogen (secondary N) is 1. The van der Waals surface area contributed by atoms with Gasteiger partial charge in [0.05, 0.1) is 24.0 Å². The number of amides is 1. The lowest BCUT2D eigenvalue weighted by atomic mass is 9.85. The van der Waals surface area contributed by atoms with E-state index in [1.807, 2.05) is 4.90 Å². The molecule has 1 saturated heterocycles. The number of hydrogen-bond acceptors (Lipinski definition) is 9. The van der Waals surface area contributed by atoms with Gasteiger partial charge in [-0.05, 0) is 12.8 Å². The Morgan fingerprint density at radius 1 is 1.41 bits per heavy atom. The highest BCUT2D eigenvalue weighted by Gasteiger charge is 2.44. The number of carboxylic acid groups (broad SMARTS) is 1. The van der Waals surface area contributed by atoms with Gasteiger partial charge in [0.2, 0.25) is 5.95 Å². The molecule has 14 heteroatoms. The molecular formula is C15H19F3N6O5. The lowest BCUT2D eigenvalue weighted by Crippen LogP contribution is -2.57. The number of aromatic nitrogens is 2. The first-order valence-corrected chi connectivity index (χ1v) is 8.52. The third kappa shape index (κ3) is 4.83. The maximum Gasteiger partial charge on any atom is 0.490 e. The predicted molar refractivity (Wildman–Crippen MR) is 90.8 cm³/mol. The monoisotopic (exact) mass is 420 g/mol. The van der Waals surface area contributed by atoms with E-state index in [4.69, 9.17) is 30.8 Å². The summed E-state index contributed by atoms with van der Waals surface area (Å²) in [6.07, 6.45) is -1.38. The van der Waals surface area contributed by atoms with Gasteiger partial charge in [-0.15, -0.1) is 0 Å². The Hall–Kier alpha value is -2.71. The molecule has 4 rings (SSSR count). The molecule has 0 unspecified atom stereocenters. The van der Waals surface area contributed by atoms with E-state index in [0.29, 0.717) is 30.7 Å². The zero-order valence-corrected chi connectivity index (χ0v) is 15.0. The van der Waals surface area contributed by atoms with Crippen molar-refractivity contribution >= 4 is 23.6 Å². The zero-order chi connectivity index (χ0) is 21.4. The maximum absolute atomic E-state index is 11.4. The third-order valence-corrected chi connectivity index (χ3v) is 4.60. The Labute approximate surface area is 162 Å². The van der Waals surface area contributed by atoms with Crippen LogP contribution in [0.2, 0.25) is 0 Å². The first-order valence-electron chi connectivity index (χ1n) is 8.52. The number of anilines is 2. The van der Waals surface area contributed by atoms with Crippen LogP contribution in [0.5, 0.6) is 5.75 Å². The minimum absolute atomic E-state index is 0.0116. The van der Waals surface area contributed by atoms with Crippen molar-refractivity contribution < 1.29 is 37.3 Å². The molecule has 1 saturated carbocycles. The van der Waals surface area contributed by atoms with Gasteiger partial charge in [-0.25, -0.2) is 9.78 Å². The Bertz CT molecular complexity index is 805. The summed E-state index contributed by atoms with van der Waals surface area (Å²) in [5.41, 5.74) is 11.3. The SMILES string of the molecule is NC1(N)CC[C@@H]2[C@@H](C1)OCN2c1ncc2c(n1)NC(=O)CO2.O=C(O)C(F)(F)F. The summed E-state index contributed by atoms with van der Waals surface area (Å²) in [5, 5.41) is 9.81. The number of fused-ring (bicyclic) bond motifs is 2. The minimum Gasteiger partial charge on any atom is -0.478 e. The number of alkyl halides is 3. The fourth-order valence-corrected chi connectivity index (χ4v) is 3.23. The first-order chi connectivity index (χ1) is 13.5. The van der Waals surface area contributed by atoms with Gasteiger partial charge >= 0.3 is 12.1 Å².